The average molecular weight is 234 g/mol. The Morgan fingerprint density at radius 1 is 1.06 bits per heavy atom. The first-order chi connectivity index (χ1) is 8.26. The van der Waals surface area contributed by atoms with Crippen LogP contribution in [0.25, 0.3) is 0 Å². The molecule has 0 radical (unpaired) electrons. The summed E-state index contributed by atoms with van der Waals surface area (Å²) in [6.07, 6.45) is 12.9. The molecule has 0 bridgehead atoms. The Hall–Kier alpha value is -1.30. The molecule has 0 amide bonds. The molecule has 0 atom stereocenters. The van der Waals surface area contributed by atoms with Crippen molar-refractivity contribution in [2.75, 3.05) is 0 Å². The first-order valence-corrected chi connectivity index (χ1v) is 6.57. The predicted molar refractivity (Wildman–Crippen MR) is 84.4 cm³/mol. The van der Waals surface area contributed by atoms with E-state index >= 15 is 0 Å². The van der Waals surface area contributed by atoms with Gasteiger partial charge in [-0.05, 0) is 24.5 Å². The maximum Gasteiger partial charge on any atom is -0.0233 e. The normalized spacial score (nSPS) is 10.4. The standard InChI is InChI=1S/C13H18.2C2H6/c1-5-8-11-12(4)13(9-6-2)10-7-3;2*1-2/h5-6,8-11H,1,4,7H2,2-3H3;2*1-2H3/b9-6-,11-8-,13-10+;;. The quantitative estimate of drug-likeness (QED) is 0.493. The fourth-order valence-corrected chi connectivity index (χ4v) is 0.986. The molecule has 0 aliphatic rings. The van der Waals surface area contributed by atoms with Crippen LogP contribution in [0.4, 0.5) is 0 Å². The van der Waals surface area contributed by atoms with E-state index in [1.807, 2.05) is 52.8 Å². The molecule has 0 rings (SSSR count). The fraction of sp³-hybridized carbons (Fsp3) is 0.412. The molecule has 0 fully saturated rings. The third kappa shape index (κ3) is 14.7. The van der Waals surface area contributed by atoms with Crippen LogP contribution in [-0.2, 0) is 0 Å². The van der Waals surface area contributed by atoms with Crippen LogP contribution in [0, 0.1) is 0 Å². The molecule has 0 aromatic heterocycles. The number of allylic oxidation sites excluding steroid dienone is 8. The average Bonchev–Trinajstić information content (AvgIpc) is 2.40. The zero-order chi connectivity index (χ0) is 14.1. The SMILES string of the molecule is C=C/C=C\C(=C)C(/C=C\C)=C/CC.CC.CC. The molecule has 0 saturated carbocycles. The lowest BCUT2D eigenvalue weighted by Gasteiger charge is -2.00. The summed E-state index contributed by atoms with van der Waals surface area (Å²) >= 11 is 0. The Labute approximate surface area is 109 Å². The summed E-state index contributed by atoms with van der Waals surface area (Å²) < 4.78 is 0. The van der Waals surface area contributed by atoms with Gasteiger partial charge in [-0.2, -0.15) is 0 Å². The van der Waals surface area contributed by atoms with Crippen LogP contribution in [0.3, 0.4) is 0 Å². The van der Waals surface area contributed by atoms with Gasteiger partial charge in [0.15, 0.2) is 0 Å². The molecule has 0 heteroatoms. The second kappa shape index (κ2) is 20.2. The van der Waals surface area contributed by atoms with Gasteiger partial charge < -0.3 is 0 Å². The first-order valence-electron chi connectivity index (χ1n) is 6.57. The minimum absolute atomic E-state index is 1.03. The van der Waals surface area contributed by atoms with E-state index in [1.165, 1.54) is 5.57 Å². The van der Waals surface area contributed by atoms with Crippen molar-refractivity contribution in [1.82, 2.24) is 0 Å². The molecule has 0 N–H and O–H groups in total. The van der Waals surface area contributed by atoms with E-state index in [4.69, 9.17) is 0 Å². The van der Waals surface area contributed by atoms with Crippen molar-refractivity contribution >= 4 is 0 Å². The second-order valence-electron chi connectivity index (χ2n) is 2.69. The highest BCUT2D eigenvalue weighted by Gasteiger charge is 1.92. The molecular weight excluding hydrogens is 204 g/mol. The number of hydrogen-bond acceptors (Lipinski definition) is 0. The van der Waals surface area contributed by atoms with E-state index < -0.39 is 0 Å². The van der Waals surface area contributed by atoms with Gasteiger partial charge in [-0.15, -0.1) is 0 Å². The highest BCUT2D eigenvalue weighted by Crippen LogP contribution is 2.11. The molecule has 0 aliphatic heterocycles. The number of hydrogen-bond donors (Lipinski definition) is 0. The molecule has 0 spiro atoms. The molecule has 0 aromatic carbocycles. The zero-order valence-electron chi connectivity index (χ0n) is 12.6. The number of rotatable bonds is 5. The summed E-state index contributed by atoms with van der Waals surface area (Å²) in [4.78, 5) is 0. The molecule has 0 nitrogen and oxygen atoms in total. The van der Waals surface area contributed by atoms with Gasteiger partial charge in [-0.3, -0.25) is 0 Å². The highest BCUT2D eigenvalue weighted by molar-refractivity contribution is 5.44. The van der Waals surface area contributed by atoms with Crippen LogP contribution >= 0.6 is 0 Å². The summed E-state index contributed by atoms with van der Waals surface area (Å²) in [6.45, 7) is 19.7. The summed E-state index contributed by atoms with van der Waals surface area (Å²) in [7, 11) is 0. The zero-order valence-corrected chi connectivity index (χ0v) is 12.6. The van der Waals surface area contributed by atoms with E-state index in [2.05, 4.69) is 32.2 Å². The topological polar surface area (TPSA) is 0 Å². The molecule has 98 valence electrons. The van der Waals surface area contributed by atoms with E-state index in [1.54, 1.807) is 6.08 Å². The monoisotopic (exact) mass is 234 g/mol. The van der Waals surface area contributed by atoms with E-state index in [0.717, 1.165) is 12.0 Å². The van der Waals surface area contributed by atoms with E-state index in [9.17, 15) is 0 Å². The predicted octanol–water partition coefficient (Wildman–Crippen LogP) is 6.25. The van der Waals surface area contributed by atoms with Crippen molar-refractivity contribution in [3.05, 3.63) is 60.8 Å². The summed E-state index contributed by atoms with van der Waals surface area (Å²) in [5.74, 6) is 0. The molecule has 17 heavy (non-hydrogen) atoms. The Balaban J connectivity index is -0.000000439. The van der Waals surface area contributed by atoms with Crippen LogP contribution in [0.2, 0.25) is 0 Å². The van der Waals surface area contributed by atoms with E-state index in [0.29, 0.717) is 0 Å². The molecule has 0 aliphatic carbocycles. The van der Waals surface area contributed by atoms with Crippen LogP contribution in [0.15, 0.2) is 60.8 Å². The lowest BCUT2D eigenvalue weighted by molar-refractivity contribution is 1.20. The Kier molecular flexibility index (Phi) is 24.9. The summed E-state index contributed by atoms with van der Waals surface area (Å²) in [6, 6.07) is 0. The van der Waals surface area contributed by atoms with Gasteiger partial charge in [0.1, 0.15) is 0 Å². The first kappa shape index (κ1) is 21.0. The minimum atomic E-state index is 1.03. The van der Waals surface area contributed by atoms with Crippen molar-refractivity contribution in [1.29, 1.82) is 0 Å². The van der Waals surface area contributed by atoms with Gasteiger partial charge >= 0.3 is 0 Å². The molecule has 0 saturated heterocycles. The van der Waals surface area contributed by atoms with Gasteiger partial charge in [0.05, 0.1) is 0 Å². The highest BCUT2D eigenvalue weighted by atomic mass is 14.0. The maximum atomic E-state index is 3.98. The lowest BCUT2D eigenvalue weighted by atomic mass is 10.1. The Bertz CT molecular complexity index is 249. The van der Waals surface area contributed by atoms with Gasteiger partial charge in [-0.25, -0.2) is 0 Å². The van der Waals surface area contributed by atoms with Crippen LogP contribution < -0.4 is 0 Å². The molecular formula is C17H30. The molecule has 0 unspecified atom stereocenters. The van der Waals surface area contributed by atoms with Gasteiger partial charge in [0.2, 0.25) is 0 Å². The van der Waals surface area contributed by atoms with E-state index in [-0.39, 0.29) is 0 Å². The minimum Gasteiger partial charge on any atom is -0.0991 e. The Morgan fingerprint density at radius 3 is 1.94 bits per heavy atom. The van der Waals surface area contributed by atoms with Crippen molar-refractivity contribution in [3.63, 3.8) is 0 Å². The van der Waals surface area contributed by atoms with Crippen LogP contribution in [0.1, 0.15) is 48.0 Å². The maximum absolute atomic E-state index is 3.98. The summed E-state index contributed by atoms with van der Waals surface area (Å²) in [5.41, 5.74) is 2.21. The van der Waals surface area contributed by atoms with Gasteiger partial charge in [0, 0.05) is 0 Å². The van der Waals surface area contributed by atoms with Crippen molar-refractivity contribution in [2.24, 2.45) is 0 Å². The van der Waals surface area contributed by atoms with Crippen LogP contribution in [0.5, 0.6) is 0 Å². The van der Waals surface area contributed by atoms with Crippen molar-refractivity contribution in [2.45, 2.75) is 48.0 Å². The second-order valence-corrected chi connectivity index (χ2v) is 2.69. The smallest absolute Gasteiger partial charge is 0.0233 e. The fourth-order valence-electron chi connectivity index (χ4n) is 0.986. The summed E-state index contributed by atoms with van der Waals surface area (Å²) in [5, 5.41) is 0. The molecule has 0 aromatic rings. The molecule has 0 heterocycles. The van der Waals surface area contributed by atoms with Crippen molar-refractivity contribution < 1.29 is 0 Å². The largest absolute Gasteiger partial charge is 0.0991 e. The van der Waals surface area contributed by atoms with Crippen molar-refractivity contribution in [3.8, 4) is 0 Å². The lowest BCUT2D eigenvalue weighted by Crippen LogP contribution is -1.80. The third-order valence-corrected chi connectivity index (χ3v) is 1.57. The third-order valence-electron chi connectivity index (χ3n) is 1.57. The Morgan fingerprint density at radius 2 is 1.59 bits per heavy atom. The van der Waals surface area contributed by atoms with Crippen LogP contribution in [-0.4, -0.2) is 0 Å². The van der Waals surface area contributed by atoms with Gasteiger partial charge in [-0.1, -0.05) is 84.2 Å². The van der Waals surface area contributed by atoms with Gasteiger partial charge in [0.25, 0.3) is 0 Å².